The quantitative estimate of drug-likeness (QED) is 0.705. The molecule has 5 heteroatoms. The number of fused-ring (bicyclic) bond motifs is 1. The van der Waals surface area contributed by atoms with Crippen LogP contribution in [0.15, 0.2) is 17.1 Å². The Labute approximate surface area is 80.0 Å². The molecule has 2 heterocycles. The molecule has 0 unspecified atom stereocenters. The minimum Gasteiger partial charge on any atom is -0.493 e. The summed E-state index contributed by atoms with van der Waals surface area (Å²) >= 11 is 0. The van der Waals surface area contributed by atoms with E-state index in [1.165, 1.54) is 10.7 Å². The first-order chi connectivity index (χ1) is 6.61. The highest BCUT2D eigenvalue weighted by Crippen LogP contribution is 2.20. The number of nitrogens with one attached hydrogen (secondary N) is 1. The van der Waals surface area contributed by atoms with E-state index in [0.717, 1.165) is 0 Å². The molecule has 0 spiro atoms. The molecule has 0 amide bonds. The van der Waals surface area contributed by atoms with Crippen molar-refractivity contribution in [2.45, 2.75) is 19.8 Å². The molecule has 0 aromatic carbocycles. The van der Waals surface area contributed by atoms with Gasteiger partial charge in [-0.05, 0) is 5.92 Å². The van der Waals surface area contributed by atoms with Gasteiger partial charge in [-0.3, -0.25) is 4.79 Å². The van der Waals surface area contributed by atoms with Crippen molar-refractivity contribution in [2.24, 2.45) is 0 Å². The fourth-order valence-electron chi connectivity index (χ4n) is 1.49. The maximum absolute atomic E-state index is 11.5. The second kappa shape index (κ2) is 2.87. The van der Waals surface area contributed by atoms with Crippen LogP contribution in [-0.4, -0.2) is 19.7 Å². The highest BCUT2D eigenvalue weighted by Gasteiger charge is 2.14. The van der Waals surface area contributed by atoms with Crippen molar-refractivity contribution < 1.29 is 5.11 Å². The first kappa shape index (κ1) is 8.80. The molecule has 2 N–H and O–H groups in total. The topological polar surface area (TPSA) is 70.4 Å². The Morgan fingerprint density at radius 3 is 2.93 bits per heavy atom. The summed E-state index contributed by atoms with van der Waals surface area (Å²) in [5.74, 6) is -0.115. The normalized spacial score (nSPS) is 11.4. The number of aromatic amines is 1. The van der Waals surface area contributed by atoms with E-state index >= 15 is 0 Å². The Morgan fingerprint density at radius 1 is 1.57 bits per heavy atom. The molecular formula is C9H11N3O2. The first-order valence-electron chi connectivity index (χ1n) is 4.40. The van der Waals surface area contributed by atoms with Crippen LogP contribution in [0.4, 0.5) is 0 Å². The minimum absolute atomic E-state index is 0.0349. The number of aromatic hydroxyl groups is 1. The third kappa shape index (κ3) is 1.09. The predicted molar refractivity (Wildman–Crippen MR) is 51.6 cm³/mol. The molecule has 2 aromatic heterocycles. The Morgan fingerprint density at radius 2 is 2.29 bits per heavy atom. The van der Waals surface area contributed by atoms with Crippen molar-refractivity contribution in [3.8, 4) is 5.88 Å². The van der Waals surface area contributed by atoms with E-state index in [-0.39, 0.29) is 17.4 Å². The van der Waals surface area contributed by atoms with Gasteiger partial charge in [0.1, 0.15) is 5.65 Å². The largest absolute Gasteiger partial charge is 0.493 e. The van der Waals surface area contributed by atoms with Crippen molar-refractivity contribution in [2.75, 3.05) is 0 Å². The Balaban J connectivity index is 2.89. The zero-order valence-electron chi connectivity index (χ0n) is 7.98. The van der Waals surface area contributed by atoms with Crippen molar-refractivity contribution in [1.29, 1.82) is 0 Å². The summed E-state index contributed by atoms with van der Waals surface area (Å²) in [5, 5.41) is 13.7. The van der Waals surface area contributed by atoms with Gasteiger partial charge in [-0.15, -0.1) is 0 Å². The predicted octanol–water partition coefficient (Wildman–Crippen LogP) is 0.852. The Kier molecular flexibility index (Phi) is 1.80. The number of aromatic nitrogens is 3. The Bertz CT molecular complexity index is 524. The van der Waals surface area contributed by atoms with Crippen LogP contribution in [0.5, 0.6) is 5.88 Å². The van der Waals surface area contributed by atoms with E-state index in [0.29, 0.717) is 11.2 Å². The van der Waals surface area contributed by atoms with Gasteiger partial charge >= 0.3 is 0 Å². The van der Waals surface area contributed by atoms with Crippen LogP contribution in [0.1, 0.15) is 25.3 Å². The summed E-state index contributed by atoms with van der Waals surface area (Å²) in [4.78, 5) is 14.2. The SMILES string of the molecule is CC(C)c1c(O)n2nccc2[nH]c1=O. The summed E-state index contributed by atoms with van der Waals surface area (Å²) in [6, 6.07) is 1.63. The van der Waals surface area contributed by atoms with Gasteiger partial charge in [-0.2, -0.15) is 9.61 Å². The second-order valence-corrected chi connectivity index (χ2v) is 3.47. The monoisotopic (exact) mass is 193 g/mol. The third-order valence-corrected chi connectivity index (χ3v) is 2.15. The van der Waals surface area contributed by atoms with E-state index in [4.69, 9.17) is 0 Å². The van der Waals surface area contributed by atoms with Gasteiger partial charge in [-0.1, -0.05) is 13.8 Å². The number of hydrogen-bond donors (Lipinski definition) is 2. The van der Waals surface area contributed by atoms with Gasteiger partial charge in [0.25, 0.3) is 5.56 Å². The fourth-order valence-corrected chi connectivity index (χ4v) is 1.49. The Hall–Kier alpha value is -1.78. The summed E-state index contributed by atoms with van der Waals surface area (Å²) < 4.78 is 1.32. The lowest BCUT2D eigenvalue weighted by molar-refractivity contribution is 0.423. The second-order valence-electron chi connectivity index (χ2n) is 3.47. The van der Waals surface area contributed by atoms with E-state index in [9.17, 15) is 9.90 Å². The van der Waals surface area contributed by atoms with Crippen LogP contribution >= 0.6 is 0 Å². The lowest BCUT2D eigenvalue weighted by Crippen LogP contribution is -2.16. The molecule has 2 aromatic rings. The van der Waals surface area contributed by atoms with Crippen molar-refractivity contribution in [3.63, 3.8) is 0 Å². The first-order valence-corrected chi connectivity index (χ1v) is 4.40. The average molecular weight is 193 g/mol. The lowest BCUT2D eigenvalue weighted by atomic mass is 10.1. The molecule has 5 nitrogen and oxygen atoms in total. The molecule has 2 rings (SSSR count). The number of nitrogens with zero attached hydrogens (tertiary/aromatic N) is 2. The van der Waals surface area contributed by atoms with Gasteiger partial charge in [0.2, 0.25) is 5.88 Å². The van der Waals surface area contributed by atoms with Crippen LogP contribution in [0.2, 0.25) is 0 Å². The van der Waals surface area contributed by atoms with Crippen molar-refractivity contribution in [1.82, 2.24) is 14.6 Å². The summed E-state index contributed by atoms with van der Waals surface area (Å²) in [5.41, 5.74) is 0.601. The van der Waals surface area contributed by atoms with Gasteiger partial charge in [0.15, 0.2) is 0 Å². The van der Waals surface area contributed by atoms with Crippen molar-refractivity contribution >= 4 is 5.65 Å². The van der Waals surface area contributed by atoms with Gasteiger partial charge in [0.05, 0.1) is 11.8 Å². The van der Waals surface area contributed by atoms with Crippen LogP contribution in [0, 0.1) is 0 Å². The summed E-state index contributed by atoms with van der Waals surface area (Å²) in [6.45, 7) is 3.69. The van der Waals surface area contributed by atoms with Crippen molar-refractivity contribution in [3.05, 3.63) is 28.2 Å². The molecule has 0 aliphatic carbocycles. The summed E-state index contributed by atoms with van der Waals surface area (Å²) in [6.07, 6.45) is 1.52. The maximum Gasteiger partial charge on any atom is 0.258 e. The molecule has 14 heavy (non-hydrogen) atoms. The minimum atomic E-state index is -0.259. The number of rotatable bonds is 1. The van der Waals surface area contributed by atoms with E-state index in [2.05, 4.69) is 10.1 Å². The van der Waals surface area contributed by atoms with Crippen LogP contribution < -0.4 is 5.56 Å². The molecule has 0 radical (unpaired) electrons. The zero-order chi connectivity index (χ0) is 10.3. The fraction of sp³-hybridized carbons (Fsp3) is 0.333. The van der Waals surface area contributed by atoms with E-state index < -0.39 is 0 Å². The van der Waals surface area contributed by atoms with Crippen LogP contribution in [0.3, 0.4) is 0 Å². The zero-order valence-corrected chi connectivity index (χ0v) is 7.98. The van der Waals surface area contributed by atoms with Crippen LogP contribution in [0.25, 0.3) is 5.65 Å². The summed E-state index contributed by atoms with van der Waals surface area (Å²) in [7, 11) is 0. The maximum atomic E-state index is 11.5. The molecule has 0 aliphatic heterocycles. The van der Waals surface area contributed by atoms with Gasteiger partial charge in [-0.25, -0.2) is 0 Å². The average Bonchev–Trinajstić information content (AvgIpc) is 2.50. The number of hydrogen-bond acceptors (Lipinski definition) is 3. The van der Waals surface area contributed by atoms with Gasteiger partial charge in [0, 0.05) is 6.07 Å². The smallest absolute Gasteiger partial charge is 0.258 e. The highest BCUT2D eigenvalue weighted by molar-refractivity contribution is 5.42. The molecule has 0 bridgehead atoms. The third-order valence-electron chi connectivity index (χ3n) is 2.15. The van der Waals surface area contributed by atoms with Crippen LogP contribution in [-0.2, 0) is 0 Å². The molecule has 74 valence electrons. The molecule has 0 aliphatic rings. The highest BCUT2D eigenvalue weighted by atomic mass is 16.3. The molecule has 0 saturated carbocycles. The van der Waals surface area contributed by atoms with E-state index in [1.54, 1.807) is 6.07 Å². The molecule has 0 fully saturated rings. The number of H-pyrrole nitrogens is 1. The molecule has 0 atom stereocenters. The standard InChI is InChI=1S/C9H11N3O2/c1-5(2)7-8(13)11-6-3-4-10-12(6)9(7)14/h3-5,14H,1-2H3,(H,11,13). The van der Waals surface area contributed by atoms with E-state index in [1.807, 2.05) is 13.8 Å². The molecule has 0 saturated heterocycles. The van der Waals surface area contributed by atoms with Gasteiger partial charge < -0.3 is 10.1 Å². The molecular weight excluding hydrogens is 182 g/mol. The lowest BCUT2D eigenvalue weighted by Gasteiger charge is -2.07.